The first-order valence-corrected chi connectivity index (χ1v) is 9.24. The molecule has 26 heavy (non-hydrogen) atoms. The maximum Gasteiger partial charge on any atom is 0.231 e. The summed E-state index contributed by atoms with van der Waals surface area (Å²) in [4.78, 5) is 14.8. The molecule has 0 bridgehead atoms. The predicted octanol–water partition coefficient (Wildman–Crippen LogP) is 3.91. The third-order valence-corrected chi connectivity index (χ3v) is 5.10. The lowest BCUT2D eigenvalue weighted by molar-refractivity contribution is 0.104. The number of halogens is 1. The molecule has 0 aromatic heterocycles. The van der Waals surface area contributed by atoms with Crippen molar-refractivity contribution in [2.24, 2.45) is 0 Å². The van der Waals surface area contributed by atoms with Crippen molar-refractivity contribution < 1.29 is 19.0 Å². The van der Waals surface area contributed by atoms with E-state index in [-0.39, 0.29) is 12.6 Å². The Morgan fingerprint density at radius 3 is 2.65 bits per heavy atom. The Hall–Kier alpha value is -2.31. The van der Waals surface area contributed by atoms with E-state index in [9.17, 15) is 4.79 Å². The molecule has 6 heteroatoms. The molecule has 0 aliphatic carbocycles. The molecule has 2 aliphatic heterocycles. The van der Waals surface area contributed by atoms with E-state index in [2.05, 4.69) is 20.8 Å². The smallest absolute Gasteiger partial charge is 0.231 e. The molecule has 0 amide bonds. The van der Waals surface area contributed by atoms with E-state index >= 15 is 0 Å². The summed E-state index contributed by atoms with van der Waals surface area (Å²) in [7, 11) is 0. The average molecular weight is 416 g/mol. The van der Waals surface area contributed by atoms with E-state index in [1.54, 1.807) is 12.2 Å². The summed E-state index contributed by atoms with van der Waals surface area (Å²) in [6.07, 6.45) is 3.37. The van der Waals surface area contributed by atoms with Crippen LogP contribution < -0.4 is 14.4 Å². The highest BCUT2D eigenvalue weighted by molar-refractivity contribution is 9.10. The average Bonchev–Trinajstić information content (AvgIpc) is 3.13. The van der Waals surface area contributed by atoms with Gasteiger partial charge in [0, 0.05) is 28.8 Å². The van der Waals surface area contributed by atoms with Gasteiger partial charge in [0.05, 0.1) is 13.2 Å². The van der Waals surface area contributed by atoms with Crippen LogP contribution in [-0.2, 0) is 4.74 Å². The lowest BCUT2D eigenvalue weighted by atomic mass is 10.1. The molecule has 2 aromatic rings. The van der Waals surface area contributed by atoms with Crippen LogP contribution in [0.1, 0.15) is 15.9 Å². The minimum atomic E-state index is -0.0373. The van der Waals surface area contributed by atoms with Crippen molar-refractivity contribution in [2.75, 3.05) is 38.0 Å². The Morgan fingerprint density at radius 1 is 1.08 bits per heavy atom. The molecule has 0 unspecified atom stereocenters. The van der Waals surface area contributed by atoms with Gasteiger partial charge in [-0.15, -0.1) is 0 Å². The molecular weight excluding hydrogens is 398 g/mol. The number of hydrogen-bond donors (Lipinski definition) is 0. The number of hydrogen-bond acceptors (Lipinski definition) is 5. The second-order valence-electron chi connectivity index (χ2n) is 6.07. The first-order chi connectivity index (χ1) is 12.7. The van der Waals surface area contributed by atoms with Gasteiger partial charge in [-0.05, 0) is 42.0 Å². The first-order valence-electron chi connectivity index (χ1n) is 8.45. The summed E-state index contributed by atoms with van der Waals surface area (Å²) in [5.74, 6) is 1.36. The molecule has 4 rings (SSSR count). The van der Waals surface area contributed by atoms with Crippen molar-refractivity contribution >= 4 is 33.5 Å². The number of benzene rings is 2. The van der Waals surface area contributed by atoms with Crippen LogP contribution in [0.5, 0.6) is 11.5 Å². The SMILES string of the molecule is O=C(C=Cc1cc2c(cc1Br)OCO2)c1cccc(N2CCOCC2)c1. The van der Waals surface area contributed by atoms with E-state index in [1.807, 2.05) is 36.4 Å². The van der Waals surface area contributed by atoms with Crippen molar-refractivity contribution in [1.29, 1.82) is 0 Å². The number of nitrogens with zero attached hydrogens (tertiary/aromatic N) is 1. The highest BCUT2D eigenvalue weighted by Gasteiger charge is 2.16. The molecule has 2 aliphatic rings. The largest absolute Gasteiger partial charge is 0.454 e. The number of allylic oxidation sites excluding steroid dienone is 1. The van der Waals surface area contributed by atoms with Gasteiger partial charge in [0.2, 0.25) is 6.79 Å². The molecule has 0 atom stereocenters. The Balaban J connectivity index is 1.52. The van der Waals surface area contributed by atoms with Gasteiger partial charge in [-0.2, -0.15) is 0 Å². The van der Waals surface area contributed by atoms with E-state index in [1.165, 1.54) is 0 Å². The maximum atomic E-state index is 12.6. The molecule has 0 radical (unpaired) electrons. The first kappa shape index (κ1) is 17.1. The highest BCUT2D eigenvalue weighted by Crippen LogP contribution is 2.37. The van der Waals surface area contributed by atoms with Crippen LogP contribution in [0.25, 0.3) is 6.08 Å². The minimum Gasteiger partial charge on any atom is -0.454 e. The topological polar surface area (TPSA) is 48.0 Å². The van der Waals surface area contributed by atoms with Crippen LogP contribution in [0.3, 0.4) is 0 Å². The number of carbonyl (C=O) groups excluding carboxylic acids is 1. The molecular formula is C20H18BrNO4. The van der Waals surface area contributed by atoms with Crippen molar-refractivity contribution in [3.8, 4) is 11.5 Å². The van der Waals surface area contributed by atoms with Crippen LogP contribution in [0.2, 0.25) is 0 Å². The molecule has 5 nitrogen and oxygen atoms in total. The van der Waals surface area contributed by atoms with E-state index < -0.39 is 0 Å². The summed E-state index contributed by atoms with van der Waals surface area (Å²) in [6.45, 7) is 3.35. The number of rotatable bonds is 4. The Labute approximate surface area is 160 Å². The molecule has 0 N–H and O–H groups in total. The van der Waals surface area contributed by atoms with Gasteiger partial charge in [-0.25, -0.2) is 0 Å². The van der Waals surface area contributed by atoms with Gasteiger partial charge in [0.25, 0.3) is 0 Å². The molecule has 134 valence electrons. The van der Waals surface area contributed by atoms with Gasteiger partial charge in [0.1, 0.15) is 0 Å². The van der Waals surface area contributed by atoms with Crippen LogP contribution in [0, 0.1) is 0 Å². The maximum absolute atomic E-state index is 12.6. The van der Waals surface area contributed by atoms with Gasteiger partial charge < -0.3 is 19.1 Å². The molecule has 1 fully saturated rings. The standard InChI is InChI=1S/C20H18BrNO4/c21-17-12-20-19(25-13-26-20)11-14(17)4-5-18(23)15-2-1-3-16(10-15)22-6-8-24-9-7-22/h1-5,10-12H,6-9,13H2. The lowest BCUT2D eigenvalue weighted by Crippen LogP contribution is -2.36. The third-order valence-electron chi connectivity index (χ3n) is 4.41. The summed E-state index contributed by atoms with van der Waals surface area (Å²) in [6, 6.07) is 11.4. The fourth-order valence-corrected chi connectivity index (χ4v) is 3.45. The van der Waals surface area contributed by atoms with Gasteiger partial charge in [0.15, 0.2) is 17.3 Å². The van der Waals surface area contributed by atoms with Crippen molar-refractivity contribution in [3.05, 3.63) is 58.1 Å². The quantitative estimate of drug-likeness (QED) is 0.559. The summed E-state index contributed by atoms with van der Waals surface area (Å²) in [5, 5.41) is 0. The number of anilines is 1. The molecule has 0 spiro atoms. The van der Waals surface area contributed by atoms with Crippen molar-refractivity contribution in [2.45, 2.75) is 0 Å². The lowest BCUT2D eigenvalue weighted by Gasteiger charge is -2.29. The zero-order valence-electron chi connectivity index (χ0n) is 14.1. The van der Waals surface area contributed by atoms with Crippen molar-refractivity contribution in [3.63, 3.8) is 0 Å². The predicted molar refractivity (Wildman–Crippen MR) is 103 cm³/mol. The normalized spacial score (nSPS) is 16.3. The van der Waals surface area contributed by atoms with E-state index in [4.69, 9.17) is 14.2 Å². The van der Waals surface area contributed by atoms with E-state index in [0.29, 0.717) is 17.1 Å². The van der Waals surface area contributed by atoms with Crippen LogP contribution >= 0.6 is 15.9 Å². The second kappa shape index (κ2) is 7.51. The number of morpholine rings is 1. The fourth-order valence-electron chi connectivity index (χ4n) is 3.00. The Morgan fingerprint density at radius 2 is 1.85 bits per heavy atom. The summed E-state index contributed by atoms with van der Waals surface area (Å²) in [5.41, 5.74) is 2.59. The van der Waals surface area contributed by atoms with Gasteiger partial charge >= 0.3 is 0 Å². The third kappa shape index (κ3) is 3.61. The monoisotopic (exact) mass is 415 g/mol. The number of carbonyl (C=O) groups is 1. The molecule has 0 saturated carbocycles. The Kier molecular flexibility index (Phi) is 4.95. The van der Waals surface area contributed by atoms with Gasteiger partial charge in [-0.3, -0.25) is 4.79 Å². The zero-order chi connectivity index (χ0) is 17.9. The minimum absolute atomic E-state index is 0.0373. The van der Waals surface area contributed by atoms with Crippen LogP contribution in [-0.4, -0.2) is 38.9 Å². The molecule has 1 saturated heterocycles. The van der Waals surface area contributed by atoms with Crippen LogP contribution in [0.4, 0.5) is 5.69 Å². The fraction of sp³-hybridized carbons (Fsp3) is 0.250. The van der Waals surface area contributed by atoms with E-state index in [0.717, 1.165) is 42.0 Å². The molecule has 2 heterocycles. The zero-order valence-corrected chi connectivity index (χ0v) is 15.7. The number of ether oxygens (including phenoxy) is 3. The highest BCUT2D eigenvalue weighted by atomic mass is 79.9. The summed E-state index contributed by atoms with van der Waals surface area (Å²) < 4.78 is 17.0. The number of fused-ring (bicyclic) bond motifs is 1. The number of ketones is 1. The second-order valence-corrected chi connectivity index (χ2v) is 6.93. The van der Waals surface area contributed by atoms with Crippen molar-refractivity contribution in [1.82, 2.24) is 0 Å². The summed E-state index contributed by atoms with van der Waals surface area (Å²) >= 11 is 3.50. The Bertz CT molecular complexity index is 859. The van der Waals surface area contributed by atoms with Gasteiger partial charge in [-0.1, -0.05) is 28.1 Å². The molecule has 2 aromatic carbocycles. The van der Waals surface area contributed by atoms with Crippen LogP contribution in [0.15, 0.2) is 46.9 Å².